The summed E-state index contributed by atoms with van der Waals surface area (Å²) in [5, 5.41) is 0.659. The minimum absolute atomic E-state index is 0.371. The van der Waals surface area contributed by atoms with E-state index in [0.717, 1.165) is 36.9 Å². The van der Waals surface area contributed by atoms with E-state index in [2.05, 4.69) is 16.8 Å². The standard InChI is InChI=1S/C13H18Cl2N2/c1-2-7-17(9-10-3-4-10)13-6-5-11(15)12(8-14)16-13/h5-6,10H,2-4,7-9H2,1H3. The average Bonchev–Trinajstić information content (AvgIpc) is 3.13. The Bertz CT molecular complexity index is 378. The van der Waals surface area contributed by atoms with E-state index in [1.807, 2.05) is 12.1 Å². The zero-order valence-corrected chi connectivity index (χ0v) is 11.6. The topological polar surface area (TPSA) is 16.1 Å². The maximum atomic E-state index is 6.03. The van der Waals surface area contributed by atoms with Gasteiger partial charge in [0.15, 0.2) is 0 Å². The molecule has 17 heavy (non-hydrogen) atoms. The highest BCUT2D eigenvalue weighted by atomic mass is 35.5. The summed E-state index contributed by atoms with van der Waals surface area (Å²) < 4.78 is 0. The average molecular weight is 273 g/mol. The van der Waals surface area contributed by atoms with Crippen LogP contribution in [0.25, 0.3) is 0 Å². The normalized spacial score (nSPS) is 15.0. The molecule has 0 radical (unpaired) electrons. The van der Waals surface area contributed by atoms with Crippen LogP contribution in [0.1, 0.15) is 31.9 Å². The van der Waals surface area contributed by atoms with E-state index < -0.39 is 0 Å². The van der Waals surface area contributed by atoms with Crippen molar-refractivity contribution in [2.75, 3.05) is 18.0 Å². The van der Waals surface area contributed by atoms with Gasteiger partial charge in [-0.3, -0.25) is 0 Å². The number of aromatic nitrogens is 1. The van der Waals surface area contributed by atoms with Crippen molar-refractivity contribution in [3.63, 3.8) is 0 Å². The fourth-order valence-electron chi connectivity index (χ4n) is 1.92. The van der Waals surface area contributed by atoms with Gasteiger partial charge in [0.05, 0.1) is 16.6 Å². The summed E-state index contributed by atoms with van der Waals surface area (Å²) in [6, 6.07) is 3.90. The van der Waals surface area contributed by atoms with Gasteiger partial charge in [-0.2, -0.15) is 0 Å². The van der Waals surface area contributed by atoms with Gasteiger partial charge >= 0.3 is 0 Å². The lowest BCUT2D eigenvalue weighted by Gasteiger charge is -2.23. The lowest BCUT2D eigenvalue weighted by atomic mass is 10.3. The lowest BCUT2D eigenvalue weighted by molar-refractivity contribution is 0.698. The molecule has 0 saturated heterocycles. The summed E-state index contributed by atoms with van der Waals surface area (Å²) in [5.41, 5.74) is 0.780. The monoisotopic (exact) mass is 272 g/mol. The molecule has 0 bridgehead atoms. The third-order valence-electron chi connectivity index (χ3n) is 3.02. The molecule has 1 heterocycles. The molecule has 0 N–H and O–H groups in total. The van der Waals surface area contributed by atoms with E-state index in [-0.39, 0.29) is 0 Å². The van der Waals surface area contributed by atoms with Gasteiger partial charge < -0.3 is 4.90 Å². The summed E-state index contributed by atoms with van der Waals surface area (Å²) in [5.74, 6) is 2.24. The SMILES string of the molecule is CCCN(CC1CC1)c1ccc(Cl)c(CCl)n1. The molecule has 1 aromatic heterocycles. The van der Waals surface area contributed by atoms with Crippen molar-refractivity contribution in [1.82, 2.24) is 4.98 Å². The first kappa shape index (κ1) is 13.0. The minimum Gasteiger partial charge on any atom is -0.356 e. The Morgan fingerprint density at radius 1 is 1.41 bits per heavy atom. The van der Waals surface area contributed by atoms with Crippen LogP contribution in [0.2, 0.25) is 5.02 Å². The van der Waals surface area contributed by atoms with Crippen molar-refractivity contribution in [2.45, 2.75) is 32.1 Å². The second-order valence-corrected chi connectivity index (χ2v) is 5.30. The number of hydrogen-bond acceptors (Lipinski definition) is 2. The van der Waals surface area contributed by atoms with E-state index >= 15 is 0 Å². The Labute approximate surface area is 113 Å². The van der Waals surface area contributed by atoms with Gasteiger partial charge in [-0.25, -0.2) is 4.98 Å². The maximum absolute atomic E-state index is 6.03. The van der Waals surface area contributed by atoms with Crippen LogP contribution >= 0.6 is 23.2 Å². The Morgan fingerprint density at radius 3 is 2.76 bits per heavy atom. The highest BCUT2D eigenvalue weighted by Crippen LogP contribution is 2.31. The summed E-state index contributed by atoms with van der Waals surface area (Å²) in [4.78, 5) is 6.90. The Morgan fingerprint density at radius 2 is 2.18 bits per heavy atom. The number of rotatable bonds is 6. The number of nitrogens with zero attached hydrogens (tertiary/aromatic N) is 2. The summed E-state index contributed by atoms with van der Waals surface area (Å²) in [6.07, 6.45) is 3.85. The Balaban J connectivity index is 2.15. The minimum atomic E-state index is 0.371. The zero-order valence-electron chi connectivity index (χ0n) is 10.1. The number of anilines is 1. The molecule has 0 atom stereocenters. The van der Waals surface area contributed by atoms with Crippen molar-refractivity contribution in [2.24, 2.45) is 5.92 Å². The van der Waals surface area contributed by atoms with Gasteiger partial charge in [0, 0.05) is 13.1 Å². The highest BCUT2D eigenvalue weighted by Gasteiger charge is 2.24. The first-order valence-corrected chi connectivity index (χ1v) is 7.12. The van der Waals surface area contributed by atoms with Crippen LogP contribution in [0.15, 0.2) is 12.1 Å². The van der Waals surface area contributed by atoms with Crippen molar-refractivity contribution in [1.29, 1.82) is 0 Å². The molecule has 0 spiro atoms. The predicted molar refractivity (Wildman–Crippen MR) is 74.0 cm³/mol. The van der Waals surface area contributed by atoms with Crippen LogP contribution in [0.5, 0.6) is 0 Å². The van der Waals surface area contributed by atoms with Gasteiger partial charge in [0.1, 0.15) is 5.82 Å². The molecular formula is C13H18Cl2N2. The van der Waals surface area contributed by atoms with Gasteiger partial charge in [0.25, 0.3) is 0 Å². The first-order valence-electron chi connectivity index (χ1n) is 6.21. The number of halogens is 2. The number of hydrogen-bond donors (Lipinski definition) is 0. The van der Waals surface area contributed by atoms with Gasteiger partial charge in [0.2, 0.25) is 0 Å². The van der Waals surface area contributed by atoms with Crippen molar-refractivity contribution in [3.05, 3.63) is 22.8 Å². The molecule has 2 nitrogen and oxygen atoms in total. The molecule has 0 unspecified atom stereocenters. The van der Waals surface area contributed by atoms with Gasteiger partial charge in [-0.05, 0) is 37.3 Å². The summed E-state index contributed by atoms with van der Waals surface area (Å²) in [6.45, 7) is 4.36. The third-order valence-corrected chi connectivity index (χ3v) is 3.62. The Kier molecular flexibility index (Phi) is 4.52. The van der Waals surface area contributed by atoms with Crippen LogP contribution in [0.4, 0.5) is 5.82 Å². The molecule has 1 fully saturated rings. The van der Waals surface area contributed by atoms with Crippen LogP contribution < -0.4 is 4.90 Å². The molecule has 1 aromatic rings. The van der Waals surface area contributed by atoms with Crippen molar-refractivity contribution in [3.8, 4) is 0 Å². The van der Waals surface area contributed by atoms with E-state index in [1.165, 1.54) is 12.8 Å². The van der Waals surface area contributed by atoms with Gasteiger partial charge in [-0.1, -0.05) is 18.5 Å². The van der Waals surface area contributed by atoms with Crippen LogP contribution in [0, 0.1) is 5.92 Å². The molecule has 1 aliphatic carbocycles. The van der Waals surface area contributed by atoms with Crippen molar-refractivity contribution < 1.29 is 0 Å². The maximum Gasteiger partial charge on any atom is 0.128 e. The number of pyridine rings is 1. The molecule has 4 heteroatoms. The van der Waals surface area contributed by atoms with E-state index in [0.29, 0.717) is 10.9 Å². The largest absolute Gasteiger partial charge is 0.356 e. The number of alkyl halides is 1. The van der Waals surface area contributed by atoms with E-state index in [1.54, 1.807) is 0 Å². The fourth-order valence-corrected chi connectivity index (χ4v) is 2.37. The summed E-state index contributed by atoms with van der Waals surface area (Å²) >= 11 is 11.9. The molecule has 0 aromatic carbocycles. The predicted octanol–water partition coefficient (Wildman–Crippen LogP) is 4.10. The smallest absolute Gasteiger partial charge is 0.128 e. The van der Waals surface area contributed by atoms with Crippen LogP contribution in [-0.4, -0.2) is 18.1 Å². The van der Waals surface area contributed by atoms with E-state index in [4.69, 9.17) is 23.2 Å². The third kappa shape index (κ3) is 3.49. The zero-order chi connectivity index (χ0) is 12.3. The molecule has 1 aliphatic rings. The lowest BCUT2D eigenvalue weighted by Crippen LogP contribution is -2.27. The van der Waals surface area contributed by atoms with Gasteiger partial charge in [-0.15, -0.1) is 11.6 Å². The second-order valence-electron chi connectivity index (χ2n) is 4.62. The molecule has 0 amide bonds. The molecule has 94 valence electrons. The summed E-state index contributed by atoms with van der Waals surface area (Å²) in [7, 11) is 0. The molecule has 2 rings (SSSR count). The first-order chi connectivity index (χ1) is 8.24. The quantitative estimate of drug-likeness (QED) is 0.725. The van der Waals surface area contributed by atoms with Crippen molar-refractivity contribution >= 4 is 29.0 Å². The highest BCUT2D eigenvalue weighted by molar-refractivity contribution is 6.32. The van der Waals surface area contributed by atoms with E-state index in [9.17, 15) is 0 Å². The Hall–Kier alpha value is -0.470. The van der Waals surface area contributed by atoms with Crippen LogP contribution in [0.3, 0.4) is 0 Å². The second kappa shape index (κ2) is 5.92. The molecule has 0 aliphatic heterocycles. The molecule has 1 saturated carbocycles. The van der Waals surface area contributed by atoms with Crippen LogP contribution in [-0.2, 0) is 5.88 Å². The molecular weight excluding hydrogens is 255 g/mol. The fraction of sp³-hybridized carbons (Fsp3) is 0.615.